The third-order valence-corrected chi connectivity index (χ3v) is 2.00. The van der Waals surface area contributed by atoms with Gasteiger partial charge in [-0.05, 0) is 12.8 Å². The van der Waals surface area contributed by atoms with Crippen molar-refractivity contribution in [2.24, 2.45) is 0 Å². The summed E-state index contributed by atoms with van der Waals surface area (Å²) in [5, 5.41) is 6.71. The highest BCUT2D eigenvalue weighted by atomic mass is 16.1. The van der Waals surface area contributed by atoms with Gasteiger partial charge >= 0.3 is 0 Å². The summed E-state index contributed by atoms with van der Waals surface area (Å²) in [4.78, 5) is 10.0. The molecule has 1 aliphatic heterocycles. The summed E-state index contributed by atoms with van der Waals surface area (Å²) in [6.07, 6.45) is 3.84. The van der Waals surface area contributed by atoms with E-state index in [1.807, 2.05) is 0 Å². The highest BCUT2D eigenvalue weighted by Crippen LogP contribution is 2.00. The summed E-state index contributed by atoms with van der Waals surface area (Å²) in [5.41, 5.74) is 0. The van der Waals surface area contributed by atoms with Crippen molar-refractivity contribution in [2.75, 3.05) is 19.6 Å². The Morgan fingerprint density at radius 1 is 1.45 bits per heavy atom. The fourth-order valence-corrected chi connectivity index (χ4v) is 1.36. The van der Waals surface area contributed by atoms with Crippen LogP contribution >= 0.6 is 0 Å². The minimum absolute atomic E-state index is 0.587. The van der Waals surface area contributed by atoms with Crippen LogP contribution in [0.3, 0.4) is 0 Å². The van der Waals surface area contributed by atoms with E-state index in [4.69, 9.17) is 0 Å². The van der Waals surface area contributed by atoms with E-state index < -0.39 is 0 Å². The van der Waals surface area contributed by atoms with Gasteiger partial charge in [-0.25, -0.2) is 0 Å². The smallest absolute Gasteiger partial charge is 0.119 e. The Morgan fingerprint density at radius 3 is 3.00 bits per heavy atom. The molecule has 3 nitrogen and oxygen atoms in total. The number of nitrogens with one attached hydrogen (secondary N) is 2. The van der Waals surface area contributed by atoms with Gasteiger partial charge in [0, 0.05) is 32.1 Å². The van der Waals surface area contributed by atoms with Gasteiger partial charge in [0.05, 0.1) is 0 Å². The van der Waals surface area contributed by atoms with E-state index in [1.54, 1.807) is 0 Å². The predicted molar refractivity (Wildman–Crippen MR) is 44.6 cm³/mol. The predicted octanol–water partition coefficient (Wildman–Crippen LogP) is -0.0830. The first-order valence-corrected chi connectivity index (χ1v) is 4.31. The van der Waals surface area contributed by atoms with Crippen LogP contribution in [0.2, 0.25) is 0 Å². The number of rotatable bonds is 4. The number of hydrogen-bond donors (Lipinski definition) is 2. The molecule has 0 saturated carbocycles. The summed E-state index contributed by atoms with van der Waals surface area (Å²) in [6.45, 7) is 3.19. The second kappa shape index (κ2) is 5.27. The summed E-state index contributed by atoms with van der Waals surface area (Å²) < 4.78 is 0. The Labute approximate surface area is 67.5 Å². The maximum Gasteiger partial charge on any atom is 0.119 e. The Kier molecular flexibility index (Phi) is 4.16. The van der Waals surface area contributed by atoms with Crippen LogP contribution < -0.4 is 10.6 Å². The van der Waals surface area contributed by atoms with Crippen LogP contribution in [-0.2, 0) is 4.79 Å². The van der Waals surface area contributed by atoms with Crippen molar-refractivity contribution in [1.29, 1.82) is 0 Å². The van der Waals surface area contributed by atoms with E-state index in [1.165, 1.54) is 0 Å². The summed E-state index contributed by atoms with van der Waals surface area (Å²) >= 11 is 0. The number of carbonyl (C=O) groups is 1. The van der Waals surface area contributed by atoms with Crippen LogP contribution in [0.5, 0.6) is 0 Å². The fraction of sp³-hybridized carbons (Fsp3) is 0.875. The van der Waals surface area contributed by atoms with Crippen molar-refractivity contribution < 1.29 is 4.79 Å². The van der Waals surface area contributed by atoms with Gasteiger partial charge in [-0.15, -0.1) is 0 Å². The molecule has 1 atom stereocenters. The zero-order chi connectivity index (χ0) is 7.94. The lowest BCUT2D eigenvalue weighted by molar-refractivity contribution is -0.107. The molecule has 1 rings (SSSR count). The molecule has 64 valence electrons. The first-order valence-electron chi connectivity index (χ1n) is 4.31. The standard InChI is InChI=1S/C8H16N2O/c11-6-2-1-3-8-7-9-4-5-10-8/h6,8-10H,1-5,7H2. The molecule has 1 aliphatic rings. The average Bonchev–Trinajstić information content (AvgIpc) is 2.07. The third kappa shape index (κ3) is 3.49. The quantitative estimate of drug-likeness (QED) is 0.442. The molecule has 11 heavy (non-hydrogen) atoms. The maximum atomic E-state index is 10.0. The van der Waals surface area contributed by atoms with Crippen LogP contribution in [0.4, 0.5) is 0 Å². The third-order valence-electron chi connectivity index (χ3n) is 2.00. The second-order valence-corrected chi connectivity index (χ2v) is 2.95. The van der Waals surface area contributed by atoms with E-state index in [0.29, 0.717) is 12.5 Å². The summed E-state index contributed by atoms with van der Waals surface area (Å²) in [5.74, 6) is 0. The minimum atomic E-state index is 0.587. The van der Waals surface area contributed by atoms with Crippen molar-refractivity contribution in [3.63, 3.8) is 0 Å². The van der Waals surface area contributed by atoms with E-state index in [9.17, 15) is 4.79 Å². The van der Waals surface area contributed by atoms with Gasteiger partial charge in [-0.1, -0.05) is 0 Å². The van der Waals surface area contributed by atoms with Crippen molar-refractivity contribution in [1.82, 2.24) is 10.6 Å². The number of unbranched alkanes of at least 4 members (excludes halogenated alkanes) is 1. The lowest BCUT2D eigenvalue weighted by Crippen LogP contribution is -2.48. The van der Waals surface area contributed by atoms with Gasteiger partial charge in [0.1, 0.15) is 6.29 Å². The molecule has 0 aromatic rings. The molecule has 1 fully saturated rings. The lowest BCUT2D eigenvalue weighted by Gasteiger charge is -2.23. The molecule has 1 unspecified atom stereocenters. The van der Waals surface area contributed by atoms with E-state index in [-0.39, 0.29) is 0 Å². The topological polar surface area (TPSA) is 41.1 Å². The molecule has 0 aliphatic carbocycles. The first kappa shape index (κ1) is 8.68. The van der Waals surface area contributed by atoms with Gasteiger partial charge in [0.25, 0.3) is 0 Å². The highest BCUT2D eigenvalue weighted by molar-refractivity contribution is 5.48. The molecule has 1 heterocycles. The van der Waals surface area contributed by atoms with Crippen molar-refractivity contribution in [2.45, 2.75) is 25.3 Å². The maximum absolute atomic E-state index is 10.0. The monoisotopic (exact) mass is 156 g/mol. The first-order chi connectivity index (χ1) is 5.43. The zero-order valence-electron chi connectivity index (χ0n) is 6.81. The second-order valence-electron chi connectivity index (χ2n) is 2.95. The molecule has 0 radical (unpaired) electrons. The number of carbonyl (C=O) groups excluding carboxylic acids is 1. The number of hydrogen-bond acceptors (Lipinski definition) is 3. The minimum Gasteiger partial charge on any atom is -0.314 e. The van der Waals surface area contributed by atoms with Crippen molar-refractivity contribution in [3.05, 3.63) is 0 Å². The van der Waals surface area contributed by atoms with Gasteiger partial charge in [0.2, 0.25) is 0 Å². The number of piperazine rings is 1. The van der Waals surface area contributed by atoms with Gasteiger partial charge in [-0.3, -0.25) is 0 Å². The molecule has 0 spiro atoms. The zero-order valence-corrected chi connectivity index (χ0v) is 6.81. The van der Waals surface area contributed by atoms with Crippen molar-refractivity contribution >= 4 is 6.29 Å². The molecular weight excluding hydrogens is 140 g/mol. The van der Waals surface area contributed by atoms with E-state index in [2.05, 4.69) is 10.6 Å². The number of aldehydes is 1. The molecule has 0 aromatic heterocycles. The Hall–Kier alpha value is -0.410. The Morgan fingerprint density at radius 2 is 2.36 bits per heavy atom. The van der Waals surface area contributed by atoms with Crippen LogP contribution in [-0.4, -0.2) is 32.0 Å². The SMILES string of the molecule is O=CCCCC1CNCCN1. The summed E-state index contributed by atoms with van der Waals surface area (Å²) in [7, 11) is 0. The van der Waals surface area contributed by atoms with Crippen LogP contribution in [0.25, 0.3) is 0 Å². The molecule has 3 heteroatoms. The van der Waals surface area contributed by atoms with Gasteiger partial charge < -0.3 is 15.4 Å². The Bertz CT molecular complexity index is 111. The molecular formula is C8H16N2O. The van der Waals surface area contributed by atoms with Crippen LogP contribution in [0.15, 0.2) is 0 Å². The summed E-state index contributed by atoms with van der Waals surface area (Å²) in [6, 6.07) is 0.587. The normalized spacial score (nSPS) is 24.9. The highest BCUT2D eigenvalue weighted by Gasteiger charge is 2.10. The van der Waals surface area contributed by atoms with E-state index >= 15 is 0 Å². The molecule has 2 N–H and O–H groups in total. The van der Waals surface area contributed by atoms with Gasteiger partial charge in [0.15, 0.2) is 0 Å². The molecule has 0 bridgehead atoms. The molecule has 0 aromatic carbocycles. The lowest BCUT2D eigenvalue weighted by atomic mass is 10.1. The molecule has 1 saturated heterocycles. The van der Waals surface area contributed by atoms with Gasteiger partial charge in [-0.2, -0.15) is 0 Å². The Balaban J connectivity index is 2.00. The largest absolute Gasteiger partial charge is 0.314 e. The molecule has 0 amide bonds. The van der Waals surface area contributed by atoms with E-state index in [0.717, 1.165) is 38.8 Å². The van der Waals surface area contributed by atoms with Crippen LogP contribution in [0.1, 0.15) is 19.3 Å². The van der Waals surface area contributed by atoms with Crippen LogP contribution in [0, 0.1) is 0 Å². The fourth-order valence-electron chi connectivity index (χ4n) is 1.36. The average molecular weight is 156 g/mol. The van der Waals surface area contributed by atoms with Crippen molar-refractivity contribution in [3.8, 4) is 0 Å².